The molecule has 1 rings (SSSR count). The number of benzene rings is 1. The van der Waals surface area contributed by atoms with Crippen LogP contribution >= 0.6 is 0 Å². The summed E-state index contributed by atoms with van der Waals surface area (Å²) in [5, 5.41) is 9.13. The van der Waals surface area contributed by atoms with E-state index >= 15 is 0 Å². The van der Waals surface area contributed by atoms with Crippen LogP contribution in [0.3, 0.4) is 0 Å². The third kappa shape index (κ3) is 9.25. The molecule has 0 bridgehead atoms. The summed E-state index contributed by atoms with van der Waals surface area (Å²) < 4.78 is 19.1. The van der Waals surface area contributed by atoms with Gasteiger partial charge in [-0.05, 0) is 39.3 Å². The monoisotopic (exact) mass is 366 g/mol. The van der Waals surface area contributed by atoms with Crippen molar-refractivity contribution in [3.63, 3.8) is 0 Å². The molecule has 6 nitrogen and oxygen atoms in total. The number of nitrogens with zero attached hydrogens (tertiary/aromatic N) is 1. The number of amides is 1. The lowest BCUT2D eigenvalue weighted by Gasteiger charge is -2.17. The summed E-state index contributed by atoms with van der Waals surface area (Å²) >= 11 is 0. The van der Waals surface area contributed by atoms with Crippen molar-refractivity contribution < 1.29 is 13.9 Å². The molecule has 1 aromatic rings. The van der Waals surface area contributed by atoms with Crippen LogP contribution in [0.5, 0.6) is 5.75 Å². The molecule has 0 heterocycles. The molecule has 1 atom stereocenters. The van der Waals surface area contributed by atoms with Crippen LogP contribution in [-0.2, 0) is 4.79 Å². The minimum absolute atomic E-state index is 0.00391. The second-order valence-corrected chi connectivity index (χ2v) is 6.22. The van der Waals surface area contributed by atoms with E-state index in [0.29, 0.717) is 37.8 Å². The Morgan fingerprint density at radius 3 is 2.65 bits per heavy atom. The first-order valence-corrected chi connectivity index (χ1v) is 9.18. The van der Waals surface area contributed by atoms with Crippen LogP contribution in [0.1, 0.15) is 40.5 Å². The van der Waals surface area contributed by atoms with E-state index in [-0.39, 0.29) is 23.9 Å². The van der Waals surface area contributed by atoms with E-state index in [4.69, 9.17) is 4.74 Å². The molecule has 0 spiro atoms. The van der Waals surface area contributed by atoms with E-state index in [1.807, 2.05) is 27.7 Å². The quantitative estimate of drug-likeness (QED) is 0.439. The Labute approximate surface area is 155 Å². The van der Waals surface area contributed by atoms with Crippen LogP contribution in [0.4, 0.5) is 4.39 Å². The van der Waals surface area contributed by atoms with Crippen molar-refractivity contribution in [3.8, 4) is 5.75 Å². The average Bonchev–Trinajstić information content (AvgIpc) is 2.57. The van der Waals surface area contributed by atoms with Gasteiger partial charge in [-0.15, -0.1) is 0 Å². The number of carbonyl (C=O) groups is 1. The molecule has 0 aliphatic carbocycles. The molecule has 1 aromatic carbocycles. The van der Waals surface area contributed by atoms with Gasteiger partial charge in [-0.2, -0.15) is 0 Å². The largest absolute Gasteiger partial charge is 0.488 e. The number of ether oxygens (including phenoxy) is 1. The number of hydrogen-bond acceptors (Lipinski definition) is 3. The summed E-state index contributed by atoms with van der Waals surface area (Å²) in [5.74, 6) is 0.807. The Balaban J connectivity index is 2.53. The lowest BCUT2D eigenvalue weighted by molar-refractivity contribution is -0.121. The molecule has 1 amide bonds. The molecular weight excluding hydrogens is 335 g/mol. The highest BCUT2D eigenvalue weighted by Gasteiger charge is 2.09. The van der Waals surface area contributed by atoms with Crippen molar-refractivity contribution in [2.45, 2.75) is 52.7 Å². The van der Waals surface area contributed by atoms with Crippen LogP contribution in [0.25, 0.3) is 0 Å². The average molecular weight is 366 g/mol. The maximum atomic E-state index is 13.3. The topological polar surface area (TPSA) is 74.8 Å². The molecule has 7 heteroatoms. The van der Waals surface area contributed by atoms with Crippen LogP contribution in [-0.4, -0.2) is 43.6 Å². The Kier molecular flexibility index (Phi) is 10.1. The number of carbonyl (C=O) groups excluding carboxylic acids is 1. The number of aliphatic imine (C=N–C) groups is 1. The molecule has 0 aliphatic heterocycles. The lowest BCUT2D eigenvalue weighted by atomic mass is 10.2. The van der Waals surface area contributed by atoms with E-state index in [1.165, 1.54) is 12.1 Å². The molecule has 0 radical (unpaired) electrons. The molecule has 0 aromatic heterocycles. The van der Waals surface area contributed by atoms with Crippen molar-refractivity contribution in [3.05, 3.63) is 30.1 Å². The fraction of sp³-hybridized carbons (Fsp3) is 0.579. The second-order valence-electron chi connectivity index (χ2n) is 6.22. The second kappa shape index (κ2) is 12.1. The fourth-order valence-corrected chi connectivity index (χ4v) is 2.21. The highest BCUT2D eigenvalue weighted by molar-refractivity contribution is 5.81. The zero-order valence-electron chi connectivity index (χ0n) is 16.1. The first-order valence-electron chi connectivity index (χ1n) is 9.18. The van der Waals surface area contributed by atoms with E-state index in [2.05, 4.69) is 20.9 Å². The van der Waals surface area contributed by atoms with E-state index in [0.717, 1.165) is 6.42 Å². The molecule has 146 valence electrons. The normalized spacial score (nSPS) is 12.6. The maximum Gasteiger partial charge on any atom is 0.221 e. The van der Waals surface area contributed by atoms with Gasteiger partial charge in [-0.3, -0.25) is 4.79 Å². The number of halogens is 1. The predicted molar refractivity (Wildman–Crippen MR) is 103 cm³/mol. The minimum Gasteiger partial charge on any atom is -0.488 e. The van der Waals surface area contributed by atoms with Gasteiger partial charge in [-0.1, -0.05) is 13.0 Å². The smallest absolute Gasteiger partial charge is 0.221 e. The molecule has 0 saturated carbocycles. The number of hydrogen-bond donors (Lipinski definition) is 3. The molecule has 0 aliphatic rings. The fourth-order valence-electron chi connectivity index (χ4n) is 2.21. The highest BCUT2D eigenvalue weighted by atomic mass is 19.1. The first kappa shape index (κ1) is 21.7. The van der Waals surface area contributed by atoms with Crippen molar-refractivity contribution in [1.82, 2.24) is 16.0 Å². The molecule has 0 saturated heterocycles. The van der Waals surface area contributed by atoms with Crippen molar-refractivity contribution >= 4 is 11.9 Å². The third-order valence-electron chi connectivity index (χ3n) is 3.45. The van der Waals surface area contributed by atoms with Gasteiger partial charge in [-0.25, -0.2) is 9.38 Å². The van der Waals surface area contributed by atoms with Gasteiger partial charge in [0.15, 0.2) is 5.96 Å². The van der Waals surface area contributed by atoms with E-state index in [1.54, 1.807) is 12.1 Å². The maximum absolute atomic E-state index is 13.3. The number of nitrogens with one attached hydrogen (secondary N) is 3. The molecule has 3 N–H and O–H groups in total. The first-order chi connectivity index (χ1) is 12.4. The van der Waals surface area contributed by atoms with Gasteiger partial charge in [0.25, 0.3) is 0 Å². The van der Waals surface area contributed by atoms with E-state index in [9.17, 15) is 9.18 Å². The van der Waals surface area contributed by atoms with E-state index < -0.39 is 0 Å². The van der Waals surface area contributed by atoms with Gasteiger partial charge >= 0.3 is 0 Å². The van der Waals surface area contributed by atoms with Crippen LogP contribution < -0.4 is 20.7 Å². The van der Waals surface area contributed by atoms with Crippen molar-refractivity contribution in [2.24, 2.45) is 4.99 Å². The Morgan fingerprint density at radius 1 is 1.27 bits per heavy atom. The van der Waals surface area contributed by atoms with Crippen molar-refractivity contribution in [1.29, 1.82) is 0 Å². The summed E-state index contributed by atoms with van der Waals surface area (Å²) in [4.78, 5) is 16.2. The highest BCUT2D eigenvalue weighted by Crippen LogP contribution is 2.15. The number of guanidine groups is 1. The summed E-state index contributed by atoms with van der Waals surface area (Å²) in [5.41, 5.74) is 0. The predicted octanol–water partition coefficient (Wildman–Crippen LogP) is 2.45. The van der Waals surface area contributed by atoms with Crippen LogP contribution in [0.2, 0.25) is 0 Å². The van der Waals surface area contributed by atoms with Gasteiger partial charge < -0.3 is 20.7 Å². The van der Waals surface area contributed by atoms with Gasteiger partial charge in [0, 0.05) is 31.6 Å². The lowest BCUT2D eigenvalue weighted by Crippen LogP contribution is -2.40. The SMILES string of the molecule is CCNC(=NCC(CC)Oc1cccc(F)c1)NCCC(=O)NC(C)C. The molecular formula is C19H31FN4O2. The standard InChI is InChI=1S/C19H31FN4O2/c1-5-16(26-17-9-7-8-15(20)12-17)13-23-19(21-6-2)22-11-10-18(25)24-14(3)4/h7-9,12,14,16H,5-6,10-11,13H2,1-4H3,(H,24,25)(H2,21,22,23). The summed E-state index contributed by atoms with van der Waals surface area (Å²) in [7, 11) is 0. The van der Waals surface area contributed by atoms with Crippen LogP contribution in [0, 0.1) is 5.82 Å². The molecule has 26 heavy (non-hydrogen) atoms. The zero-order valence-corrected chi connectivity index (χ0v) is 16.1. The van der Waals surface area contributed by atoms with Gasteiger partial charge in [0.2, 0.25) is 5.91 Å². The van der Waals surface area contributed by atoms with Crippen LogP contribution in [0.15, 0.2) is 29.3 Å². The molecule has 1 unspecified atom stereocenters. The number of rotatable bonds is 10. The summed E-state index contributed by atoms with van der Waals surface area (Å²) in [6.45, 7) is 9.47. The molecule has 0 fully saturated rings. The van der Waals surface area contributed by atoms with Crippen molar-refractivity contribution in [2.75, 3.05) is 19.6 Å². The summed E-state index contributed by atoms with van der Waals surface area (Å²) in [6, 6.07) is 6.23. The Morgan fingerprint density at radius 2 is 2.04 bits per heavy atom. The zero-order chi connectivity index (χ0) is 19.4. The Bertz CT molecular complexity index is 578. The van der Waals surface area contributed by atoms with Gasteiger partial charge in [0.1, 0.15) is 17.7 Å². The summed E-state index contributed by atoms with van der Waals surface area (Å²) in [6.07, 6.45) is 0.965. The van der Waals surface area contributed by atoms with Gasteiger partial charge in [0.05, 0.1) is 6.54 Å². The third-order valence-corrected chi connectivity index (χ3v) is 3.45. The Hall–Kier alpha value is -2.31. The minimum atomic E-state index is -0.324.